The van der Waals surface area contributed by atoms with E-state index >= 15 is 0 Å². The van der Waals surface area contributed by atoms with E-state index in [-0.39, 0.29) is 5.56 Å². The highest BCUT2D eigenvalue weighted by Crippen LogP contribution is 2.32. The van der Waals surface area contributed by atoms with Gasteiger partial charge in [-0.2, -0.15) is 0 Å². The van der Waals surface area contributed by atoms with Gasteiger partial charge in [-0.15, -0.1) is 11.3 Å². The van der Waals surface area contributed by atoms with E-state index in [1.807, 2.05) is 82.7 Å². The van der Waals surface area contributed by atoms with Crippen molar-refractivity contribution in [3.8, 4) is 22.6 Å². The number of imidazole rings is 1. The lowest BCUT2D eigenvalue weighted by Gasteiger charge is -2.06. The quantitative estimate of drug-likeness (QED) is 0.415. The molecular formula is C23H14N4OS. The van der Waals surface area contributed by atoms with Gasteiger partial charge in [0.1, 0.15) is 11.4 Å². The van der Waals surface area contributed by atoms with Crippen LogP contribution in [0.5, 0.6) is 0 Å². The Morgan fingerprint density at radius 2 is 1.62 bits per heavy atom. The molecular weight excluding hydrogens is 380 g/mol. The van der Waals surface area contributed by atoms with Crippen molar-refractivity contribution in [2.24, 2.45) is 0 Å². The highest BCUT2D eigenvalue weighted by atomic mass is 32.1. The molecule has 0 aliphatic heterocycles. The third-order valence-electron chi connectivity index (χ3n) is 5.09. The average molecular weight is 394 g/mol. The summed E-state index contributed by atoms with van der Waals surface area (Å²) in [6.07, 6.45) is 1.93. The molecule has 0 aliphatic carbocycles. The number of rotatable bonds is 2. The lowest BCUT2D eigenvalue weighted by Crippen LogP contribution is -2.13. The van der Waals surface area contributed by atoms with E-state index < -0.39 is 0 Å². The Hall–Kier alpha value is -3.77. The zero-order valence-electron chi connectivity index (χ0n) is 15.2. The smallest absolute Gasteiger partial charge is 0.276 e. The van der Waals surface area contributed by atoms with Crippen LogP contribution in [0.4, 0.5) is 0 Å². The van der Waals surface area contributed by atoms with E-state index in [1.54, 1.807) is 0 Å². The Kier molecular flexibility index (Phi) is 3.42. The van der Waals surface area contributed by atoms with E-state index in [4.69, 9.17) is 9.97 Å². The number of thiazole rings is 1. The van der Waals surface area contributed by atoms with Crippen molar-refractivity contribution in [2.45, 2.75) is 0 Å². The molecule has 3 aromatic heterocycles. The maximum absolute atomic E-state index is 13.1. The van der Waals surface area contributed by atoms with Crippen molar-refractivity contribution >= 4 is 38.1 Å². The van der Waals surface area contributed by atoms with E-state index in [2.05, 4.69) is 4.98 Å². The summed E-state index contributed by atoms with van der Waals surface area (Å²) in [4.78, 5) is 26.5. The maximum Gasteiger partial charge on any atom is 0.276 e. The first-order chi connectivity index (χ1) is 14.3. The second kappa shape index (κ2) is 6.12. The molecule has 0 fully saturated rings. The lowest BCUT2D eigenvalue weighted by atomic mass is 10.1. The van der Waals surface area contributed by atoms with E-state index in [9.17, 15) is 4.79 Å². The van der Waals surface area contributed by atoms with Crippen LogP contribution in [0.2, 0.25) is 0 Å². The molecule has 0 spiro atoms. The first kappa shape index (κ1) is 16.2. The number of H-pyrrole nitrogens is 1. The molecule has 0 radical (unpaired) electrons. The summed E-state index contributed by atoms with van der Waals surface area (Å²) in [6, 6.07) is 21.9. The van der Waals surface area contributed by atoms with Crippen molar-refractivity contribution in [3.05, 3.63) is 88.7 Å². The molecule has 5 nitrogen and oxygen atoms in total. The molecule has 0 unspecified atom stereocenters. The molecule has 3 heterocycles. The monoisotopic (exact) mass is 394 g/mol. The van der Waals surface area contributed by atoms with Gasteiger partial charge in [0.05, 0.1) is 11.0 Å². The Bertz CT molecular complexity index is 1580. The number of nitrogens with one attached hydrogen (secondary N) is 1. The summed E-state index contributed by atoms with van der Waals surface area (Å²) in [6.45, 7) is 0. The fourth-order valence-corrected chi connectivity index (χ4v) is 4.46. The summed E-state index contributed by atoms with van der Waals surface area (Å²) < 4.78 is 1.94. The molecule has 0 atom stereocenters. The van der Waals surface area contributed by atoms with Gasteiger partial charge in [-0.1, -0.05) is 54.6 Å². The average Bonchev–Trinajstić information content (AvgIpc) is 3.34. The summed E-state index contributed by atoms with van der Waals surface area (Å²) in [7, 11) is 0. The Balaban J connectivity index is 1.69. The molecule has 0 bridgehead atoms. The topological polar surface area (TPSA) is 63.0 Å². The highest BCUT2D eigenvalue weighted by Gasteiger charge is 2.21. The van der Waals surface area contributed by atoms with E-state index in [1.165, 1.54) is 11.3 Å². The molecule has 1 N–H and O–H groups in total. The number of nitrogens with zero attached hydrogens (tertiary/aromatic N) is 3. The fourth-order valence-electron chi connectivity index (χ4n) is 3.74. The number of aromatic nitrogens is 4. The van der Waals surface area contributed by atoms with Crippen LogP contribution >= 0.6 is 11.3 Å². The standard InChI is InChI=1S/C23H14N4OS/c28-22-20(24-17-12-15-8-4-5-9-16(15)13-18(17)25-22)21-19(14-6-2-1-3-7-14)26-23-27(21)10-11-29-23/h1-13H,(H,25,28). The number of aromatic amines is 1. The van der Waals surface area contributed by atoms with Crippen molar-refractivity contribution in [2.75, 3.05) is 0 Å². The van der Waals surface area contributed by atoms with Crippen LogP contribution in [0.3, 0.4) is 0 Å². The van der Waals surface area contributed by atoms with Crippen molar-refractivity contribution in [1.29, 1.82) is 0 Å². The predicted molar refractivity (Wildman–Crippen MR) is 117 cm³/mol. The summed E-state index contributed by atoms with van der Waals surface area (Å²) >= 11 is 1.53. The third-order valence-corrected chi connectivity index (χ3v) is 5.85. The highest BCUT2D eigenvalue weighted by molar-refractivity contribution is 7.15. The predicted octanol–water partition coefficient (Wildman–Crippen LogP) is 5.12. The van der Waals surface area contributed by atoms with E-state index in [0.29, 0.717) is 11.4 Å². The summed E-state index contributed by atoms with van der Waals surface area (Å²) in [5, 5.41) is 4.12. The number of fused-ring (bicyclic) bond motifs is 3. The zero-order chi connectivity index (χ0) is 19.4. The molecule has 0 saturated carbocycles. The second-order valence-corrected chi connectivity index (χ2v) is 7.73. The van der Waals surface area contributed by atoms with Gasteiger partial charge in [0.15, 0.2) is 10.7 Å². The second-order valence-electron chi connectivity index (χ2n) is 6.86. The first-order valence-corrected chi connectivity index (χ1v) is 10.1. The van der Waals surface area contributed by atoms with Gasteiger partial charge < -0.3 is 4.98 Å². The van der Waals surface area contributed by atoms with Crippen LogP contribution in [0.1, 0.15) is 0 Å². The van der Waals surface area contributed by atoms with Gasteiger partial charge >= 0.3 is 0 Å². The van der Waals surface area contributed by atoms with Gasteiger partial charge in [0.2, 0.25) is 0 Å². The molecule has 0 aliphatic rings. The minimum absolute atomic E-state index is 0.224. The SMILES string of the molecule is O=c1[nH]c2cc3ccccc3cc2nc1-c1c(-c2ccccc2)nc2sccn12. The van der Waals surface area contributed by atoms with Gasteiger partial charge in [0, 0.05) is 17.1 Å². The van der Waals surface area contributed by atoms with Crippen molar-refractivity contribution in [3.63, 3.8) is 0 Å². The van der Waals surface area contributed by atoms with Crippen molar-refractivity contribution in [1.82, 2.24) is 19.4 Å². The van der Waals surface area contributed by atoms with Gasteiger partial charge in [0.25, 0.3) is 5.56 Å². The zero-order valence-corrected chi connectivity index (χ0v) is 16.0. The van der Waals surface area contributed by atoms with Gasteiger partial charge in [-0.05, 0) is 22.9 Å². The molecule has 6 rings (SSSR count). The van der Waals surface area contributed by atoms with Crippen LogP contribution in [0, 0.1) is 0 Å². The summed E-state index contributed by atoms with van der Waals surface area (Å²) in [5.74, 6) is 0. The Morgan fingerprint density at radius 3 is 2.45 bits per heavy atom. The molecule has 138 valence electrons. The van der Waals surface area contributed by atoms with Crippen LogP contribution in [0.15, 0.2) is 83.1 Å². The molecule has 0 amide bonds. The number of hydrogen-bond donors (Lipinski definition) is 1. The van der Waals surface area contributed by atoms with Gasteiger partial charge in [-0.3, -0.25) is 9.20 Å². The van der Waals surface area contributed by atoms with Gasteiger partial charge in [-0.25, -0.2) is 9.97 Å². The fraction of sp³-hybridized carbons (Fsp3) is 0. The molecule has 6 heteroatoms. The number of benzene rings is 3. The maximum atomic E-state index is 13.1. The third kappa shape index (κ3) is 2.50. The van der Waals surface area contributed by atoms with E-state index in [0.717, 1.165) is 38.0 Å². The van der Waals surface area contributed by atoms with Crippen LogP contribution < -0.4 is 5.56 Å². The molecule has 0 saturated heterocycles. The largest absolute Gasteiger partial charge is 0.319 e. The Labute approximate surface area is 168 Å². The molecule has 3 aromatic carbocycles. The van der Waals surface area contributed by atoms with Crippen LogP contribution in [0.25, 0.3) is 49.4 Å². The molecule has 6 aromatic rings. The number of hydrogen-bond acceptors (Lipinski definition) is 4. The minimum atomic E-state index is -0.224. The minimum Gasteiger partial charge on any atom is -0.319 e. The van der Waals surface area contributed by atoms with Crippen molar-refractivity contribution < 1.29 is 0 Å². The normalized spacial score (nSPS) is 11.6. The van der Waals surface area contributed by atoms with Crippen LogP contribution in [-0.2, 0) is 0 Å². The summed E-state index contributed by atoms with van der Waals surface area (Å²) in [5.41, 5.74) is 4.06. The lowest BCUT2D eigenvalue weighted by molar-refractivity contribution is 1.16. The Morgan fingerprint density at radius 1 is 0.862 bits per heavy atom. The van der Waals surface area contributed by atoms with Crippen LogP contribution in [-0.4, -0.2) is 19.4 Å². The molecule has 29 heavy (non-hydrogen) atoms. The first-order valence-electron chi connectivity index (χ1n) is 9.22.